The number of rotatable bonds is 6. The molecule has 0 saturated carbocycles. The van der Waals surface area contributed by atoms with Gasteiger partial charge in [0.25, 0.3) is 5.91 Å². The van der Waals surface area contributed by atoms with E-state index in [0.29, 0.717) is 30.0 Å². The fraction of sp³-hybridized carbons (Fsp3) is 0.318. The molecule has 2 aromatic rings. The van der Waals surface area contributed by atoms with Gasteiger partial charge in [-0.05, 0) is 50.2 Å². The molecular weight excluding hydrogens is 356 g/mol. The van der Waals surface area contributed by atoms with Crippen molar-refractivity contribution in [3.05, 3.63) is 59.7 Å². The highest BCUT2D eigenvalue weighted by Crippen LogP contribution is 2.18. The fourth-order valence-electron chi connectivity index (χ4n) is 3.16. The smallest absolute Gasteiger partial charge is 0.260 e. The number of piperazine rings is 1. The number of benzene rings is 2. The van der Waals surface area contributed by atoms with E-state index in [-0.39, 0.29) is 24.1 Å². The van der Waals surface area contributed by atoms with Gasteiger partial charge in [-0.15, -0.1) is 0 Å². The molecule has 0 unspecified atom stereocenters. The molecule has 0 N–H and O–H groups in total. The van der Waals surface area contributed by atoms with Crippen molar-refractivity contribution in [3.8, 4) is 5.75 Å². The van der Waals surface area contributed by atoms with Crippen LogP contribution in [0.4, 0.5) is 5.69 Å². The zero-order valence-electron chi connectivity index (χ0n) is 16.2. The Hall–Kier alpha value is -3.15. The van der Waals surface area contributed by atoms with E-state index in [1.807, 2.05) is 24.3 Å². The molecule has 1 aliphatic heterocycles. The molecule has 2 aromatic carbocycles. The zero-order valence-corrected chi connectivity index (χ0v) is 16.2. The SMILES string of the molecule is CC(=O)c1ccc(N2CCN(C(=O)COc3cccc(C(C)=O)c3)CC2)cc1. The van der Waals surface area contributed by atoms with Crippen LogP contribution in [0, 0.1) is 0 Å². The van der Waals surface area contributed by atoms with Crippen LogP contribution in [0.5, 0.6) is 5.75 Å². The number of amides is 1. The Labute approximate surface area is 164 Å². The van der Waals surface area contributed by atoms with Gasteiger partial charge in [-0.2, -0.15) is 0 Å². The minimum Gasteiger partial charge on any atom is -0.484 e. The summed E-state index contributed by atoms with van der Waals surface area (Å²) in [5.41, 5.74) is 2.31. The number of nitrogens with zero attached hydrogens (tertiary/aromatic N) is 2. The fourth-order valence-corrected chi connectivity index (χ4v) is 3.16. The number of hydrogen-bond donors (Lipinski definition) is 0. The molecule has 1 amide bonds. The Bertz CT molecular complexity index is 868. The average Bonchev–Trinajstić information content (AvgIpc) is 2.72. The minimum absolute atomic E-state index is 0.0377. The van der Waals surface area contributed by atoms with E-state index in [1.165, 1.54) is 6.92 Å². The van der Waals surface area contributed by atoms with Crippen molar-refractivity contribution in [1.82, 2.24) is 4.90 Å². The van der Waals surface area contributed by atoms with E-state index in [4.69, 9.17) is 4.74 Å². The van der Waals surface area contributed by atoms with E-state index >= 15 is 0 Å². The number of carbonyl (C=O) groups is 3. The molecule has 0 spiro atoms. The van der Waals surface area contributed by atoms with E-state index < -0.39 is 0 Å². The van der Waals surface area contributed by atoms with Crippen molar-refractivity contribution in [2.45, 2.75) is 13.8 Å². The van der Waals surface area contributed by atoms with Gasteiger partial charge in [0.1, 0.15) is 5.75 Å². The van der Waals surface area contributed by atoms with E-state index in [2.05, 4.69) is 4.90 Å². The first-order valence-electron chi connectivity index (χ1n) is 9.31. The van der Waals surface area contributed by atoms with Crippen molar-refractivity contribution < 1.29 is 19.1 Å². The summed E-state index contributed by atoms with van der Waals surface area (Å²) in [6.07, 6.45) is 0. The predicted octanol–water partition coefficient (Wildman–Crippen LogP) is 2.82. The van der Waals surface area contributed by atoms with Crippen molar-refractivity contribution in [2.75, 3.05) is 37.7 Å². The lowest BCUT2D eigenvalue weighted by Gasteiger charge is -2.36. The summed E-state index contributed by atoms with van der Waals surface area (Å²) >= 11 is 0. The molecule has 6 heteroatoms. The lowest BCUT2D eigenvalue weighted by Crippen LogP contribution is -2.50. The molecule has 1 saturated heterocycles. The first-order valence-corrected chi connectivity index (χ1v) is 9.31. The number of ether oxygens (including phenoxy) is 1. The van der Waals surface area contributed by atoms with Gasteiger partial charge in [-0.3, -0.25) is 14.4 Å². The van der Waals surface area contributed by atoms with Crippen LogP contribution in [-0.4, -0.2) is 55.2 Å². The number of anilines is 1. The van der Waals surface area contributed by atoms with Crippen LogP contribution in [0.25, 0.3) is 0 Å². The molecule has 1 heterocycles. The monoisotopic (exact) mass is 380 g/mol. The van der Waals surface area contributed by atoms with Gasteiger partial charge in [0.05, 0.1) is 0 Å². The van der Waals surface area contributed by atoms with Crippen LogP contribution in [0.2, 0.25) is 0 Å². The summed E-state index contributed by atoms with van der Waals surface area (Å²) in [5.74, 6) is 0.463. The summed E-state index contributed by atoms with van der Waals surface area (Å²) in [7, 11) is 0. The van der Waals surface area contributed by atoms with Gasteiger partial charge >= 0.3 is 0 Å². The van der Waals surface area contributed by atoms with Crippen molar-refractivity contribution in [2.24, 2.45) is 0 Å². The summed E-state index contributed by atoms with van der Waals surface area (Å²) in [4.78, 5) is 39.2. The molecule has 0 aliphatic carbocycles. The standard InChI is InChI=1S/C22H24N2O4/c1-16(25)18-6-8-20(9-7-18)23-10-12-24(13-11-23)22(27)15-28-21-5-3-4-19(14-21)17(2)26/h3-9,14H,10-13,15H2,1-2H3. The first kappa shape index (κ1) is 19.6. The third kappa shape index (κ3) is 4.76. The lowest BCUT2D eigenvalue weighted by molar-refractivity contribution is -0.133. The van der Waals surface area contributed by atoms with Gasteiger partial charge in [0.15, 0.2) is 18.2 Å². The Balaban J connectivity index is 1.50. The summed E-state index contributed by atoms with van der Waals surface area (Å²) in [6.45, 7) is 5.69. The zero-order chi connectivity index (χ0) is 20.1. The molecule has 6 nitrogen and oxygen atoms in total. The van der Waals surface area contributed by atoms with Crippen LogP contribution >= 0.6 is 0 Å². The van der Waals surface area contributed by atoms with Crippen LogP contribution in [0.1, 0.15) is 34.6 Å². The van der Waals surface area contributed by atoms with Crippen molar-refractivity contribution in [3.63, 3.8) is 0 Å². The second kappa shape index (κ2) is 8.69. The molecule has 1 aliphatic rings. The number of ketones is 2. The molecule has 0 aromatic heterocycles. The van der Waals surface area contributed by atoms with E-state index in [1.54, 1.807) is 36.1 Å². The lowest BCUT2D eigenvalue weighted by atomic mass is 10.1. The van der Waals surface area contributed by atoms with Crippen molar-refractivity contribution >= 4 is 23.2 Å². The Morgan fingerprint density at radius 2 is 1.50 bits per heavy atom. The van der Waals surface area contributed by atoms with Crippen LogP contribution in [0.15, 0.2) is 48.5 Å². The largest absolute Gasteiger partial charge is 0.484 e. The minimum atomic E-state index is -0.0696. The molecule has 3 rings (SSSR count). The van der Waals surface area contributed by atoms with Gasteiger partial charge in [0.2, 0.25) is 0 Å². The maximum atomic E-state index is 12.4. The van der Waals surface area contributed by atoms with Crippen molar-refractivity contribution in [1.29, 1.82) is 0 Å². The van der Waals surface area contributed by atoms with Crippen LogP contribution in [-0.2, 0) is 4.79 Å². The van der Waals surface area contributed by atoms with Gasteiger partial charge in [-0.1, -0.05) is 12.1 Å². The molecule has 1 fully saturated rings. The third-order valence-corrected chi connectivity index (χ3v) is 4.87. The maximum absolute atomic E-state index is 12.4. The Morgan fingerprint density at radius 3 is 2.11 bits per heavy atom. The van der Waals surface area contributed by atoms with E-state index in [0.717, 1.165) is 18.8 Å². The Kier molecular flexibility index (Phi) is 6.09. The average molecular weight is 380 g/mol. The highest BCUT2D eigenvalue weighted by Gasteiger charge is 2.21. The van der Waals surface area contributed by atoms with E-state index in [9.17, 15) is 14.4 Å². The quantitative estimate of drug-likeness (QED) is 0.721. The first-order chi connectivity index (χ1) is 13.4. The predicted molar refractivity (Wildman–Crippen MR) is 107 cm³/mol. The number of carbonyl (C=O) groups excluding carboxylic acids is 3. The normalized spacial score (nSPS) is 13.9. The summed E-state index contributed by atoms with van der Waals surface area (Å²) in [6, 6.07) is 14.4. The summed E-state index contributed by atoms with van der Waals surface area (Å²) in [5, 5.41) is 0. The highest BCUT2D eigenvalue weighted by atomic mass is 16.5. The molecular formula is C22H24N2O4. The maximum Gasteiger partial charge on any atom is 0.260 e. The molecule has 0 radical (unpaired) electrons. The number of hydrogen-bond acceptors (Lipinski definition) is 5. The molecule has 146 valence electrons. The third-order valence-electron chi connectivity index (χ3n) is 4.87. The number of Topliss-reactive ketones (excluding diaryl/α,β-unsaturated/α-hetero) is 2. The molecule has 0 bridgehead atoms. The van der Waals surface area contributed by atoms with Gasteiger partial charge in [0, 0.05) is 43.0 Å². The second-order valence-corrected chi connectivity index (χ2v) is 6.84. The summed E-state index contributed by atoms with van der Waals surface area (Å²) < 4.78 is 5.57. The highest BCUT2D eigenvalue weighted by molar-refractivity contribution is 5.94. The second-order valence-electron chi connectivity index (χ2n) is 6.84. The molecule has 0 atom stereocenters. The molecule has 28 heavy (non-hydrogen) atoms. The van der Waals surface area contributed by atoms with Crippen LogP contribution in [0.3, 0.4) is 0 Å². The van der Waals surface area contributed by atoms with Gasteiger partial charge in [-0.25, -0.2) is 0 Å². The van der Waals surface area contributed by atoms with Gasteiger partial charge < -0.3 is 14.5 Å². The topological polar surface area (TPSA) is 66.9 Å². The Morgan fingerprint density at radius 1 is 0.857 bits per heavy atom. The van der Waals surface area contributed by atoms with Crippen LogP contribution < -0.4 is 9.64 Å².